The Hall–Kier alpha value is -0.810. The van der Waals surface area contributed by atoms with Crippen LogP contribution in [0.15, 0.2) is 12.1 Å². The van der Waals surface area contributed by atoms with Crippen LogP contribution in [-0.4, -0.2) is 73.0 Å². The van der Waals surface area contributed by atoms with E-state index in [1.165, 1.54) is 37.9 Å². The summed E-state index contributed by atoms with van der Waals surface area (Å²) in [4.78, 5) is 20.6. The number of likely N-dealkylation sites (N-methyl/N-ethyl adjacent to an activating group) is 1. The molecule has 4 rings (SSSR count). The van der Waals surface area contributed by atoms with Gasteiger partial charge < -0.3 is 14.7 Å². The third-order valence-electron chi connectivity index (χ3n) is 6.44. The molecule has 2 atom stereocenters. The molecule has 4 nitrogen and oxygen atoms in total. The Bertz CT molecular complexity index is 705. The molecule has 148 valence electrons. The largest absolute Gasteiger partial charge is 0.335 e. The minimum atomic E-state index is -0.0676. The summed E-state index contributed by atoms with van der Waals surface area (Å²) in [5, 5.41) is 1.14. The van der Waals surface area contributed by atoms with Gasteiger partial charge in [-0.15, -0.1) is 0 Å². The summed E-state index contributed by atoms with van der Waals surface area (Å²) in [5.41, 5.74) is 2.27. The van der Waals surface area contributed by atoms with Crippen molar-refractivity contribution in [3.05, 3.63) is 33.3 Å². The fourth-order valence-electron chi connectivity index (χ4n) is 4.95. The molecule has 1 amide bonds. The number of benzene rings is 1. The number of carbonyl (C=O) groups is 1. The van der Waals surface area contributed by atoms with Crippen LogP contribution >= 0.6 is 23.2 Å². The van der Waals surface area contributed by atoms with Crippen molar-refractivity contribution in [3.8, 4) is 0 Å². The second-order valence-electron chi connectivity index (χ2n) is 8.37. The molecule has 1 aromatic rings. The number of piperidine rings is 1. The van der Waals surface area contributed by atoms with E-state index in [0.717, 1.165) is 44.6 Å². The molecule has 0 N–H and O–H groups in total. The quantitative estimate of drug-likeness (QED) is 0.761. The van der Waals surface area contributed by atoms with Crippen molar-refractivity contribution in [1.82, 2.24) is 14.7 Å². The highest BCUT2D eigenvalue weighted by Crippen LogP contribution is 2.39. The summed E-state index contributed by atoms with van der Waals surface area (Å²) < 4.78 is 0. The number of piperazine rings is 1. The van der Waals surface area contributed by atoms with Gasteiger partial charge in [0, 0.05) is 26.2 Å². The average molecular weight is 410 g/mol. The first-order valence-corrected chi connectivity index (χ1v) is 11.0. The first-order chi connectivity index (χ1) is 13.0. The number of carbonyl (C=O) groups excluding carboxylic acids is 1. The molecular formula is C21H29Cl2N3O. The molecule has 27 heavy (non-hydrogen) atoms. The molecule has 1 aromatic carbocycles. The molecule has 6 heteroatoms. The first kappa shape index (κ1) is 19.5. The standard InChI is InChI=1S/C21H29Cl2N3O/c1-24-9-10-26(16(13-24)14-25-7-3-2-4-8-25)21(27)17-6-5-15-11-19(22)20(23)12-18(15)17/h11-12,16-17H,2-10,13-14H2,1H3. The molecule has 2 aliphatic heterocycles. The van der Waals surface area contributed by atoms with Gasteiger partial charge in [-0.3, -0.25) is 4.79 Å². The van der Waals surface area contributed by atoms with E-state index >= 15 is 0 Å². The minimum absolute atomic E-state index is 0.0676. The second-order valence-corrected chi connectivity index (χ2v) is 9.18. The summed E-state index contributed by atoms with van der Waals surface area (Å²) in [6.45, 7) is 6.07. The number of hydrogen-bond donors (Lipinski definition) is 0. The maximum Gasteiger partial charge on any atom is 0.230 e. The summed E-state index contributed by atoms with van der Waals surface area (Å²) in [6, 6.07) is 4.15. The van der Waals surface area contributed by atoms with Gasteiger partial charge in [-0.2, -0.15) is 0 Å². The van der Waals surface area contributed by atoms with Crippen molar-refractivity contribution < 1.29 is 4.79 Å². The monoisotopic (exact) mass is 409 g/mol. The number of halogens is 2. The van der Waals surface area contributed by atoms with Gasteiger partial charge in [0.25, 0.3) is 0 Å². The van der Waals surface area contributed by atoms with Crippen LogP contribution in [0.1, 0.15) is 42.7 Å². The van der Waals surface area contributed by atoms with E-state index in [1.54, 1.807) is 0 Å². The number of nitrogens with zero attached hydrogens (tertiary/aromatic N) is 3. The van der Waals surface area contributed by atoms with E-state index in [9.17, 15) is 4.79 Å². The molecule has 0 saturated carbocycles. The number of fused-ring (bicyclic) bond motifs is 1. The molecule has 3 aliphatic rings. The van der Waals surface area contributed by atoms with Crippen LogP contribution in [0.2, 0.25) is 10.0 Å². The van der Waals surface area contributed by atoms with Gasteiger partial charge >= 0.3 is 0 Å². The highest BCUT2D eigenvalue weighted by Gasteiger charge is 2.37. The highest BCUT2D eigenvalue weighted by atomic mass is 35.5. The third-order valence-corrected chi connectivity index (χ3v) is 7.17. The van der Waals surface area contributed by atoms with Gasteiger partial charge in [0.05, 0.1) is 22.0 Å². The number of amides is 1. The van der Waals surface area contributed by atoms with Crippen LogP contribution < -0.4 is 0 Å². The van der Waals surface area contributed by atoms with E-state index in [1.807, 2.05) is 12.1 Å². The van der Waals surface area contributed by atoms with Crippen LogP contribution in [0.4, 0.5) is 0 Å². The molecule has 0 radical (unpaired) electrons. The minimum Gasteiger partial charge on any atom is -0.335 e. The van der Waals surface area contributed by atoms with Crippen molar-refractivity contribution >= 4 is 29.1 Å². The smallest absolute Gasteiger partial charge is 0.230 e. The Kier molecular flexibility index (Phi) is 5.98. The van der Waals surface area contributed by atoms with Gasteiger partial charge in [-0.1, -0.05) is 29.6 Å². The first-order valence-electron chi connectivity index (χ1n) is 10.2. The van der Waals surface area contributed by atoms with Gasteiger partial charge in [0.15, 0.2) is 0 Å². The van der Waals surface area contributed by atoms with E-state index in [2.05, 4.69) is 21.7 Å². The molecule has 1 aliphatic carbocycles. The van der Waals surface area contributed by atoms with Crippen LogP contribution in [-0.2, 0) is 11.2 Å². The zero-order chi connectivity index (χ0) is 19.0. The Labute approximate surface area is 172 Å². The Morgan fingerprint density at radius 3 is 2.59 bits per heavy atom. The lowest BCUT2D eigenvalue weighted by Crippen LogP contribution is -2.59. The zero-order valence-electron chi connectivity index (χ0n) is 16.1. The van der Waals surface area contributed by atoms with Crippen molar-refractivity contribution in [2.24, 2.45) is 0 Å². The third kappa shape index (κ3) is 4.14. The SMILES string of the molecule is CN1CCN(C(=O)C2CCc3cc(Cl)c(Cl)cc32)C(CN2CCCCC2)C1. The zero-order valence-corrected chi connectivity index (χ0v) is 17.6. The van der Waals surface area contributed by atoms with Crippen molar-refractivity contribution in [1.29, 1.82) is 0 Å². The van der Waals surface area contributed by atoms with Crippen molar-refractivity contribution in [2.45, 2.75) is 44.1 Å². The fourth-order valence-corrected chi connectivity index (χ4v) is 5.31. The molecule has 2 unspecified atom stereocenters. The fraction of sp³-hybridized carbons (Fsp3) is 0.667. The van der Waals surface area contributed by atoms with Gasteiger partial charge in [-0.05, 0) is 69.1 Å². The van der Waals surface area contributed by atoms with Gasteiger partial charge in [0.2, 0.25) is 5.91 Å². The molecular weight excluding hydrogens is 381 g/mol. The summed E-state index contributed by atoms with van der Waals surface area (Å²) in [7, 11) is 2.16. The lowest BCUT2D eigenvalue weighted by Gasteiger charge is -2.43. The van der Waals surface area contributed by atoms with Gasteiger partial charge in [-0.25, -0.2) is 0 Å². The van der Waals surface area contributed by atoms with E-state index in [4.69, 9.17) is 23.2 Å². The van der Waals surface area contributed by atoms with Crippen LogP contribution in [0, 0.1) is 0 Å². The number of aryl methyl sites for hydroxylation is 1. The summed E-state index contributed by atoms with van der Waals surface area (Å²) >= 11 is 12.4. The van der Waals surface area contributed by atoms with E-state index in [-0.39, 0.29) is 17.9 Å². The highest BCUT2D eigenvalue weighted by molar-refractivity contribution is 6.42. The van der Waals surface area contributed by atoms with Crippen molar-refractivity contribution in [2.75, 3.05) is 46.3 Å². The molecule has 0 bridgehead atoms. The molecule has 2 heterocycles. The molecule has 0 aromatic heterocycles. The van der Waals surface area contributed by atoms with E-state index in [0.29, 0.717) is 10.0 Å². The molecule has 0 spiro atoms. The molecule has 2 fully saturated rings. The normalized spacial score (nSPS) is 27.0. The topological polar surface area (TPSA) is 26.8 Å². The van der Waals surface area contributed by atoms with Crippen LogP contribution in [0.3, 0.4) is 0 Å². The summed E-state index contributed by atoms with van der Waals surface area (Å²) in [6.07, 6.45) is 5.68. The summed E-state index contributed by atoms with van der Waals surface area (Å²) in [5.74, 6) is 0.212. The Morgan fingerprint density at radius 1 is 1.07 bits per heavy atom. The predicted octanol–water partition coefficient (Wildman–Crippen LogP) is 3.65. The maximum absolute atomic E-state index is 13.5. The predicted molar refractivity (Wildman–Crippen MR) is 111 cm³/mol. The number of rotatable bonds is 3. The van der Waals surface area contributed by atoms with Gasteiger partial charge in [0.1, 0.15) is 0 Å². The molecule has 2 saturated heterocycles. The lowest BCUT2D eigenvalue weighted by molar-refractivity contribution is -0.138. The second kappa shape index (κ2) is 8.28. The van der Waals surface area contributed by atoms with Crippen LogP contribution in [0.5, 0.6) is 0 Å². The lowest BCUT2D eigenvalue weighted by atomic mass is 9.97. The maximum atomic E-state index is 13.5. The average Bonchev–Trinajstić information content (AvgIpc) is 3.05. The Morgan fingerprint density at radius 2 is 1.81 bits per heavy atom. The number of likely N-dealkylation sites (tertiary alicyclic amines) is 1. The number of hydrogen-bond acceptors (Lipinski definition) is 3. The van der Waals surface area contributed by atoms with Crippen LogP contribution in [0.25, 0.3) is 0 Å². The Balaban J connectivity index is 1.52. The van der Waals surface area contributed by atoms with E-state index < -0.39 is 0 Å². The van der Waals surface area contributed by atoms with Crippen molar-refractivity contribution in [3.63, 3.8) is 0 Å².